The predicted molar refractivity (Wildman–Crippen MR) is 117 cm³/mol. The van der Waals surface area contributed by atoms with Crippen molar-refractivity contribution in [2.75, 3.05) is 11.9 Å². The molecule has 10 heteroatoms. The molecule has 7 nitrogen and oxygen atoms in total. The molecule has 0 saturated heterocycles. The van der Waals surface area contributed by atoms with E-state index in [1.807, 2.05) is 18.2 Å². The quantitative estimate of drug-likeness (QED) is 0.426. The van der Waals surface area contributed by atoms with E-state index in [9.17, 15) is 18.0 Å². The first-order valence-electron chi connectivity index (χ1n) is 10.2. The third-order valence-electron chi connectivity index (χ3n) is 5.11. The van der Waals surface area contributed by atoms with Gasteiger partial charge in [-0.2, -0.15) is 13.2 Å². The molecule has 3 aromatic rings. The molecule has 4 rings (SSSR count). The monoisotopic (exact) mass is 463 g/mol. The zero-order valence-electron chi connectivity index (χ0n) is 18.0. The number of carbonyl (C=O) groups is 2. The fourth-order valence-corrected chi connectivity index (χ4v) is 3.47. The molecule has 0 aliphatic carbocycles. The Labute approximate surface area is 187 Å². The lowest BCUT2D eigenvalue weighted by atomic mass is 10.1. The van der Waals surface area contributed by atoms with Crippen molar-refractivity contribution >= 4 is 28.5 Å². The Morgan fingerprint density at radius 2 is 1.97 bits per heavy atom. The normalized spacial score (nSPS) is 15.2. The van der Waals surface area contributed by atoms with E-state index < -0.39 is 18.2 Å². The Kier molecular flexibility index (Phi) is 7.27. The smallest absolute Gasteiger partial charge is 0.479 e. The van der Waals surface area contributed by atoms with Gasteiger partial charge in [0.2, 0.25) is 0 Å². The van der Waals surface area contributed by atoms with Crippen molar-refractivity contribution in [3.8, 4) is 5.75 Å². The predicted octanol–water partition coefficient (Wildman–Crippen LogP) is 4.16. The fourth-order valence-electron chi connectivity index (χ4n) is 3.47. The molecule has 0 spiro atoms. The van der Waals surface area contributed by atoms with E-state index in [4.69, 9.17) is 14.6 Å². The average Bonchev–Trinajstić information content (AvgIpc) is 3.16. The minimum Gasteiger partial charge on any atom is -0.479 e. The van der Waals surface area contributed by atoms with Crippen LogP contribution in [0, 0.1) is 6.92 Å². The van der Waals surface area contributed by atoms with Crippen molar-refractivity contribution in [3.63, 3.8) is 0 Å². The van der Waals surface area contributed by atoms with Gasteiger partial charge in [0, 0.05) is 23.6 Å². The number of carbonyl (C=O) groups excluding carboxylic acids is 1. The minimum atomic E-state index is -5.08. The summed E-state index contributed by atoms with van der Waals surface area (Å²) in [6.07, 6.45) is -2.45. The SMILES string of the molecule is Cc1cccc2[nH]cc(CCNCc3ccc4c(c3)NC(=O)C(C)O4)c12.O=C(O)C(F)(F)F. The van der Waals surface area contributed by atoms with Gasteiger partial charge in [-0.1, -0.05) is 18.2 Å². The van der Waals surface area contributed by atoms with E-state index in [0.717, 1.165) is 36.5 Å². The van der Waals surface area contributed by atoms with Crippen LogP contribution in [0.4, 0.5) is 18.9 Å². The summed E-state index contributed by atoms with van der Waals surface area (Å²) in [5.74, 6) is -2.13. The number of carboxylic acid groups (broad SMARTS) is 1. The third kappa shape index (κ3) is 6.04. The summed E-state index contributed by atoms with van der Waals surface area (Å²) in [7, 11) is 0. The van der Waals surface area contributed by atoms with Crippen LogP contribution in [0.15, 0.2) is 42.6 Å². The van der Waals surface area contributed by atoms with Gasteiger partial charge >= 0.3 is 12.1 Å². The second-order valence-electron chi connectivity index (χ2n) is 7.62. The first kappa shape index (κ1) is 24.1. The molecule has 0 fully saturated rings. The van der Waals surface area contributed by atoms with E-state index in [0.29, 0.717) is 0 Å². The van der Waals surface area contributed by atoms with Gasteiger partial charge < -0.3 is 25.5 Å². The fraction of sp³-hybridized carbons (Fsp3) is 0.304. The number of alkyl halides is 3. The summed E-state index contributed by atoms with van der Waals surface area (Å²) in [6.45, 7) is 5.54. The topological polar surface area (TPSA) is 103 Å². The van der Waals surface area contributed by atoms with Crippen LogP contribution >= 0.6 is 0 Å². The van der Waals surface area contributed by atoms with Crippen molar-refractivity contribution in [1.82, 2.24) is 10.3 Å². The number of aromatic amines is 1. The van der Waals surface area contributed by atoms with Crippen molar-refractivity contribution in [3.05, 3.63) is 59.3 Å². The van der Waals surface area contributed by atoms with Crippen molar-refractivity contribution < 1.29 is 32.6 Å². The standard InChI is InChI=1S/C21H23N3O2.C2HF3O2/c1-13-4-3-5-17-20(13)16(12-23-17)8-9-22-11-15-6-7-19-18(10-15)24-21(25)14(2)26-19;3-2(4,5)1(6)7/h3-7,10,12,14,22-23H,8-9,11H2,1-2H3,(H,24,25);(H,6,7). The van der Waals surface area contributed by atoms with E-state index in [1.165, 1.54) is 22.0 Å². The van der Waals surface area contributed by atoms with Gasteiger partial charge in [-0.15, -0.1) is 0 Å². The molecule has 2 heterocycles. The van der Waals surface area contributed by atoms with Gasteiger partial charge in [-0.25, -0.2) is 4.79 Å². The highest BCUT2D eigenvalue weighted by molar-refractivity contribution is 5.97. The van der Waals surface area contributed by atoms with Crippen molar-refractivity contribution in [2.45, 2.75) is 39.1 Å². The first-order chi connectivity index (χ1) is 15.6. The molecule has 33 heavy (non-hydrogen) atoms. The van der Waals surface area contributed by atoms with Gasteiger partial charge in [-0.05, 0) is 61.7 Å². The van der Waals surface area contributed by atoms with Crippen molar-refractivity contribution in [2.24, 2.45) is 0 Å². The largest absolute Gasteiger partial charge is 0.490 e. The number of fused-ring (bicyclic) bond motifs is 2. The van der Waals surface area contributed by atoms with Crippen LogP contribution in [-0.2, 0) is 22.6 Å². The lowest BCUT2D eigenvalue weighted by Crippen LogP contribution is -2.34. The summed E-state index contributed by atoms with van der Waals surface area (Å²) >= 11 is 0. The molecule has 1 amide bonds. The highest BCUT2D eigenvalue weighted by Gasteiger charge is 2.38. The van der Waals surface area contributed by atoms with Crippen LogP contribution in [0.3, 0.4) is 0 Å². The zero-order valence-corrected chi connectivity index (χ0v) is 18.0. The number of ether oxygens (including phenoxy) is 1. The number of anilines is 1. The zero-order chi connectivity index (χ0) is 24.2. The summed E-state index contributed by atoms with van der Waals surface area (Å²) in [6, 6.07) is 12.3. The van der Waals surface area contributed by atoms with Crippen LogP contribution in [0.25, 0.3) is 10.9 Å². The van der Waals surface area contributed by atoms with Crippen LogP contribution in [-0.4, -0.2) is 40.8 Å². The maximum atomic E-state index is 11.7. The molecule has 1 aliphatic rings. The number of H-pyrrole nitrogens is 1. The van der Waals surface area contributed by atoms with Gasteiger partial charge in [-0.3, -0.25) is 4.79 Å². The number of halogens is 3. The summed E-state index contributed by atoms with van der Waals surface area (Å²) in [4.78, 5) is 24.0. The molecule has 1 aromatic heterocycles. The molecule has 0 radical (unpaired) electrons. The van der Waals surface area contributed by atoms with E-state index in [2.05, 4.69) is 46.9 Å². The minimum absolute atomic E-state index is 0.0997. The molecule has 1 unspecified atom stereocenters. The van der Waals surface area contributed by atoms with Gasteiger partial charge in [0.25, 0.3) is 5.91 Å². The summed E-state index contributed by atoms with van der Waals surface area (Å²) in [5, 5.41) is 14.8. The van der Waals surface area contributed by atoms with Crippen LogP contribution < -0.4 is 15.4 Å². The number of amides is 1. The van der Waals surface area contributed by atoms with E-state index >= 15 is 0 Å². The van der Waals surface area contributed by atoms with Gasteiger partial charge in [0.1, 0.15) is 5.75 Å². The van der Waals surface area contributed by atoms with Crippen LogP contribution in [0.1, 0.15) is 23.6 Å². The summed E-state index contributed by atoms with van der Waals surface area (Å²) < 4.78 is 37.3. The Morgan fingerprint density at radius 3 is 2.67 bits per heavy atom. The number of rotatable bonds is 5. The Hall–Kier alpha value is -3.53. The molecular formula is C23H24F3N3O4. The Morgan fingerprint density at radius 1 is 1.24 bits per heavy atom. The van der Waals surface area contributed by atoms with Gasteiger partial charge in [0.15, 0.2) is 6.10 Å². The second-order valence-corrected chi connectivity index (χ2v) is 7.62. The third-order valence-corrected chi connectivity index (χ3v) is 5.11. The first-order valence-corrected chi connectivity index (χ1v) is 10.2. The molecule has 1 atom stereocenters. The van der Waals surface area contributed by atoms with Gasteiger partial charge in [0.05, 0.1) is 5.69 Å². The molecule has 1 aliphatic heterocycles. The molecule has 176 valence electrons. The Bertz CT molecular complexity index is 1160. The maximum absolute atomic E-state index is 11.7. The number of aromatic nitrogens is 1. The average molecular weight is 463 g/mol. The second kappa shape index (κ2) is 9.95. The van der Waals surface area contributed by atoms with Crippen LogP contribution in [0.5, 0.6) is 5.75 Å². The number of aryl methyl sites for hydroxylation is 1. The maximum Gasteiger partial charge on any atom is 0.490 e. The van der Waals surface area contributed by atoms with Crippen molar-refractivity contribution in [1.29, 1.82) is 0 Å². The number of benzene rings is 2. The van der Waals surface area contributed by atoms with E-state index in [-0.39, 0.29) is 5.91 Å². The lowest BCUT2D eigenvalue weighted by Gasteiger charge is -2.23. The molecular weight excluding hydrogens is 439 g/mol. The molecule has 4 N–H and O–H groups in total. The van der Waals surface area contributed by atoms with E-state index in [1.54, 1.807) is 6.92 Å². The molecule has 0 bridgehead atoms. The molecule has 0 saturated carbocycles. The number of nitrogens with one attached hydrogen (secondary N) is 3. The Balaban J connectivity index is 0.000000383. The number of hydrogen-bond donors (Lipinski definition) is 4. The summed E-state index contributed by atoms with van der Waals surface area (Å²) in [5.41, 5.74) is 5.71. The molecule has 2 aromatic carbocycles. The number of aliphatic carboxylic acids is 1. The highest BCUT2D eigenvalue weighted by atomic mass is 19.4. The number of hydrogen-bond acceptors (Lipinski definition) is 4. The number of carboxylic acids is 1. The van der Waals surface area contributed by atoms with Crippen LogP contribution in [0.2, 0.25) is 0 Å². The highest BCUT2D eigenvalue weighted by Crippen LogP contribution is 2.30. The lowest BCUT2D eigenvalue weighted by molar-refractivity contribution is -0.192.